The Morgan fingerprint density at radius 3 is 2.38 bits per heavy atom. The molecule has 34 heavy (non-hydrogen) atoms. The highest BCUT2D eigenvalue weighted by Gasteiger charge is 2.29. The van der Waals surface area contributed by atoms with Crippen molar-refractivity contribution < 1.29 is 14.3 Å². The number of nitrogens with one attached hydrogen (secondary N) is 2. The van der Waals surface area contributed by atoms with Gasteiger partial charge in [-0.15, -0.1) is 0 Å². The SMILES string of the molecule is COC(=O)c1ccc2c(c1)NC(=O)C2=C(Nc1ccc(-c2cccnc2)cc1)c1ccccc1. The minimum atomic E-state index is -0.454. The van der Waals surface area contributed by atoms with E-state index < -0.39 is 5.97 Å². The summed E-state index contributed by atoms with van der Waals surface area (Å²) in [4.78, 5) is 29.2. The maximum absolute atomic E-state index is 13.1. The second-order valence-electron chi connectivity index (χ2n) is 7.77. The summed E-state index contributed by atoms with van der Waals surface area (Å²) in [5.74, 6) is -0.694. The number of hydrogen-bond donors (Lipinski definition) is 2. The van der Waals surface area contributed by atoms with Gasteiger partial charge in [-0.1, -0.05) is 54.6 Å². The number of ether oxygens (including phenoxy) is 1. The molecule has 6 heteroatoms. The molecule has 2 N–H and O–H groups in total. The van der Waals surface area contributed by atoms with Gasteiger partial charge in [-0.05, 0) is 47.0 Å². The summed E-state index contributed by atoms with van der Waals surface area (Å²) in [6.45, 7) is 0. The molecule has 6 nitrogen and oxygen atoms in total. The molecule has 2 heterocycles. The van der Waals surface area contributed by atoms with Crippen molar-refractivity contribution in [1.82, 2.24) is 4.98 Å². The van der Waals surface area contributed by atoms with Gasteiger partial charge in [-0.3, -0.25) is 9.78 Å². The number of hydrogen-bond acceptors (Lipinski definition) is 5. The zero-order valence-corrected chi connectivity index (χ0v) is 18.4. The lowest BCUT2D eigenvalue weighted by molar-refractivity contribution is -0.110. The van der Waals surface area contributed by atoms with Crippen molar-refractivity contribution in [2.45, 2.75) is 0 Å². The second-order valence-corrected chi connectivity index (χ2v) is 7.77. The smallest absolute Gasteiger partial charge is 0.337 e. The van der Waals surface area contributed by atoms with Crippen LogP contribution in [0.2, 0.25) is 0 Å². The monoisotopic (exact) mass is 447 g/mol. The maximum atomic E-state index is 13.1. The second kappa shape index (κ2) is 9.03. The quantitative estimate of drug-likeness (QED) is 0.313. The Bertz CT molecular complexity index is 1400. The van der Waals surface area contributed by atoms with Crippen LogP contribution < -0.4 is 10.6 Å². The van der Waals surface area contributed by atoms with Gasteiger partial charge in [0.05, 0.1) is 29.6 Å². The number of rotatable bonds is 5. The number of anilines is 2. The zero-order chi connectivity index (χ0) is 23.5. The summed E-state index contributed by atoms with van der Waals surface area (Å²) >= 11 is 0. The standard InChI is InChI=1S/C28H21N3O3/c1-34-28(33)20-11-14-23-24(16-20)31-27(32)25(23)26(19-6-3-2-4-7-19)30-22-12-9-18(10-13-22)21-8-5-15-29-17-21/h2-17,30H,1H3,(H,31,32). The number of methoxy groups -OCH3 is 1. The minimum Gasteiger partial charge on any atom is -0.465 e. The molecule has 0 saturated heterocycles. The fourth-order valence-corrected chi connectivity index (χ4v) is 3.97. The van der Waals surface area contributed by atoms with Crippen LogP contribution in [0.1, 0.15) is 21.5 Å². The van der Waals surface area contributed by atoms with Gasteiger partial charge in [-0.25, -0.2) is 4.79 Å². The molecule has 3 aromatic carbocycles. The molecular formula is C28H21N3O3. The minimum absolute atomic E-state index is 0.240. The molecule has 0 saturated carbocycles. The van der Waals surface area contributed by atoms with Crippen molar-refractivity contribution in [3.63, 3.8) is 0 Å². The first-order valence-electron chi connectivity index (χ1n) is 10.8. The fraction of sp³-hybridized carbons (Fsp3) is 0.0357. The van der Waals surface area contributed by atoms with Crippen LogP contribution in [0.4, 0.5) is 11.4 Å². The highest BCUT2D eigenvalue weighted by molar-refractivity contribution is 6.37. The predicted molar refractivity (Wildman–Crippen MR) is 133 cm³/mol. The van der Waals surface area contributed by atoms with Crippen LogP contribution in [0.5, 0.6) is 0 Å². The molecule has 1 aliphatic heterocycles. The van der Waals surface area contributed by atoms with Crippen molar-refractivity contribution in [1.29, 1.82) is 0 Å². The van der Waals surface area contributed by atoms with Gasteiger partial charge in [0.2, 0.25) is 0 Å². The van der Waals surface area contributed by atoms with Crippen molar-refractivity contribution >= 4 is 34.5 Å². The van der Waals surface area contributed by atoms with Gasteiger partial charge in [0.1, 0.15) is 0 Å². The topological polar surface area (TPSA) is 80.3 Å². The number of aromatic nitrogens is 1. The highest BCUT2D eigenvalue weighted by Crippen LogP contribution is 2.38. The number of esters is 1. The summed E-state index contributed by atoms with van der Waals surface area (Å²) in [5, 5.41) is 6.33. The molecule has 4 aromatic rings. The molecule has 0 fully saturated rings. The predicted octanol–water partition coefficient (Wildman–Crippen LogP) is 5.47. The zero-order valence-electron chi connectivity index (χ0n) is 18.4. The van der Waals surface area contributed by atoms with E-state index in [4.69, 9.17) is 4.74 Å². The van der Waals surface area contributed by atoms with Crippen LogP contribution >= 0.6 is 0 Å². The molecule has 0 radical (unpaired) electrons. The Morgan fingerprint density at radius 1 is 0.882 bits per heavy atom. The first-order valence-corrected chi connectivity index (χ1v) is 10.8. The van der Waals surface area contributed by atoms with Crippen LogP contribution in [-0.4, -0.2) is 24.0 Å². The summed E-state index contributed by atoms with van der Waals surface area (Å²) in [6.07, 6.45) is 3.57. The first kappa shape index (κ1) is 21.2. The fourth-order valence-electron chi connectivity index (χ4n) is 3.97. The number of amides is 1. The third kappa shape index (κ3) is 4.04. The Kier molecular flexibility index (Phi) is 5.62. The van der Waals surface area contributed by atoms with E-state index in [-0.39, 0.29) is 5.91 Å². The molecule has 1 aliphatic rings. The third-order valence-electron chi connectivity index (χ3n) is 5.65. The molecule has 1 aromatic heterocycles. The lowest BCUT2D eigenvalue weighted by Crippen LogP contribution is -2.10. The average Bonchev–Trinajstić information content (AvgIpc) is 3.22. The molecular weight excluding hydrogens is 426 g/mol. The lowest BCUT2D eigenvalue weighted by Gasteiger charge is -2.15. The van der Waals surface area contributed by atoms with Crippen molar-refractivity contribution in [2.75, 3.05) is 17.7 Å². The van der Waals surface area contributed by atoms with Gasteiger partial charge in [0.25, 0.3) is 5.91 Å². The van der Waals surface area contributed by atoms with E-state index in [1.165, 1.54) is 7.11 Å². The summed E-state index contributed by atoms with van der Waals surface area (Å²) in [7, 11) is 1.33. The van der Waals surface area contributed by atoms with E-state index >= 15 is 0 Å². The molecule has 0 aliphatic carbocycles. The largest absolute Gasteiger partial charge is 0.465 e. The molecule has 0 spiro atoms. The Hall–Kier alpha value is -4.71. The van der Waals surface area contributed by atoms with E-state index in [1.807, 2.05) is 72.9 Å². The summed E-state index contributed by atoms with van der Waals surface area (Å²) in [5.41, 5.74) is 6.64. The number of fused-ring (bicyclic) bond motifs is 1. The van der Waals surface area contributed by atoms with Crippen LogP contribution in [0.3, 0.4) is 0 Å². The Morgan fingerprint density at radius 2 is 1.68 bits per heavy atom. The third-order valence-corrected chi connectivity index (χ3v) is 5.65. The Labute approximate surface area is 196 Å². The van der Waals surface area contributed by atoms with Crippen LogP contribution in [0.25, 0.3) is 22.4 Å². The maximum Gasteiger partial charge on any atom is 0.337 e. The average molecular weight is 447 g/mol. The van der Waals surface area contributed by atoms with E-state index in [2.05, 4.69) is 15.6 Å². The number of benzene rings is 3. The number of carbonyl (C=O) groups excluding carboxylic acids is 2. The van der Waals surface area contributed by atoms with Gasteiger partial charge < -0.3 is 15.4 Å². The van der Waals surface area contributed by atoms with Crippen molar-refractivity contribution in [2.24, 2.45) is 0 Å². The van der Waals surface area contributed by atoms with Gasteiger partial charge in [-0.2, -0.15) is 0 Å². The van der Waals surface area contributed by atoms with Gasteiger partial charge in [0, 0.05) is 23.6 Å². The van der Waals surface area contributed by atoms with E-state index in [0.717, 1.165) is 27.9 Å². The van der Waals surface area contributed by atoms with Gasteiger partial charge in [0.15, 0.2) is 0 Å². The summed E-state index contributed by atoms with van der Waals surface area (Å²) < 4.78 is 4.81. The number of pyridine rings is 1. The van der Waals surface area contributed by atoms with Gasteiger partial charge >= 0.3 is 5.97 Å². The van der Waals surface area contributed by atoms with E-state index in [0.29, 0.717) is 22.5 Å². The number of nitrogens with zero attached hydrogens (tertiary/aromatic N) is 1. The molecule has 166 valence electrons. The molecule has 0 unspecified atom stereocenters. The lowest BCUT2D eigenvalue weighted by atomic mass is 9.99. The van der Waals surface area contributed by atoms with Crippen molar-refractivity contribution in [3.05, 3.63) is 114 Å². The normalized spacial score (nSPS) is 13.6. The van der Waals surface area contributed by atoms with E-state index in [1.54, 1.807) is 24.4 Å². The molecule has 1 amide bonds. The van der Waals surface area contributed by atoms with Crippen molar-refractivity contribution in [3.8, 4) is 11.1 Å². The van der Waals surface area contributed by atoms with E-state index in [9.17, 15) is 9.59 Å². The van der Waals surface area contributed by atoms with Crippen LogP contribution in [0.15, 0.2) is 97.3 Å². The first-order chi connectivity index (χ1) is 16.6. The molecule has 0 atom stereocenters. The molecule has 0 bridgehead atoms. The van der Waals surface area contributed by atoms with Crippen LogP contribution in [0, 0.1) is 0 Å². The van der Waals surface area contributed by atoms with Crippen LogP contribution in [-0.2, 0) is 9.53 Å². The Balaban J connectivity index is 1.57. The summed E-state index contributed by atoms with van der Waals surface area (Å²) in [6, 6.07) is 26.6. The number of carbonyl (C=O) groups is 2. The highest BCUT2D eigenvalue weighted by atomic mass is 16.5. The molecule has 5 rings (SSSR count).